The second-order valence-electron chi connectivity index (χ2n) is 2.78. The molecule has 5 N–H and O–H groups in total. The third-order valence-electron chi connectivity index (χ3n) is 1.50. The molecule has 9 heteroatoms. The van der Waals surface area contributed by atoms with E-state index in [-0.39, 0.29) is 44.3 Å². The zero-order valence-corrected chi connectivity index (χ0v) is 11.6. The molecule has 0 aliphatic carbocycles. The molecule has 0 aliphatic heterocycles. The average molecular weight is 280 g/mol. The molecule has 0 unspecified atom stereocenters. The number of carboxylic acids is 1. The first kappa shape index (κ1) is 22.7. The van der Waals surface area contributed by atoms with Crippen LogP contribution in [0, 0.1) is 0 Å². The van der Waals surface area contributed by atoms with E-state index in [0.29, 0.717) is 0 Å². The molecule has 0 aliphatic rings. The molecule has 0 bridgehead atoms. The third-order valence-corrected chi connectivity index (χ3v) is 1.50. The smallest absolute Gasteiger partial charge is 0.855 e. The van der Waals surface area contributed by atoms with Gasteiger partial charge in [-0.1, -0.05) is 6.92 Å². The van der Waals surface area contributed by atoms with Crippen molar-refractivity contribution in [3.05, 3.63) is 0 Å². The zero-order valence-electron chi connectivity index (χ0n) is 9.39. The molecule has 0 rings (SSSR count). The van der Waals surface area contributed by atoms with Gasteiger partial charge >= 0.3 is 37.7 Å². The number of rotatable bonds is 5. The van der Waals surface area contributed by atoms with Crippen LogP contribution in [-0.2, 0) is 4.79 Å². The van der Waals surface area contributed by atoms with Crippen molar-refractivity contribution < 1.29 is 40.5 Å². The second kappa shape index (κ2) is 12.9. The molecule has 0 aromatic rings. The molecule has 0 aromatic heterocycles. The fraction of sp³-hybridized carbons (Fsp3) is 0.875. The van der Waals surface area contributed by atoms with E-state index >= 15 is 0 Å². The van der Waals surface area contributed by atoms with E-state index in [1.54, 1.807) is 6.92 Å². The molecule has 0 saturated carbocycles. The van der Waals surface area contributed by atoms with E-state index in [1.165, 1.54) is 0 Å². The Bertz CT molecular complexity index is 190. The van der Waals surface area contributed by atoms with E-state index in [4.69, 9.17) is 30.6 Å². The van der Waals surface area contributed by atoms with Crippen molar-refractivity contribution in [2.24, 2.45) is 0 Å². The summed E-state index contributed by atoms with van der Waals surface area (Å²) in [5.41, 5.74) is 0. The van der Waals surface area contributed by atoms with Gasteiger partial charge in [-0.15, -0.1) is 6.61 Å². The minimum absolute atomic E-state index is 0. The number of carbonyl (C=O) groups is 1. The van der Waals surface area contributed by atoms with E-state index < -0.39 is 37.0 Å². The SMILES string of the molecule is CC[O-].O=C([O-])[C@H](O)[C@@H](O)[C@H](O)[C@H](O)CO.[Ca+2]. The van der Waals surface area contributed by atoms with Crippen LogP contribution < -0.4 is 10.2 Å². The summed E-state index contributed by atoms with van der Waals surface area (Å²) in [6.45, 7) is 0.706. The molecule has 0 spiro atoms. The molecule has 0 aromatic carbocycles. The van der Waals surface area contributed by atoms with Crippen LogP contribution in [0.4, 0.5) is 0 Å². The van der Waals surface area contributed by atoms with Crippen LogP contribution in [-0.4, -0.2) is 107 Å². The normalized spacial score (nSPS) is 16.6. The number of aliphatic hydroxyl groups excluding tert-OH is 5. The summed E-state index contributed by atoms with van der Waals surface area (Å²) in [5.74, 6) is -1.98. The largest absolute Gasteiger partial charge is 2.00 e. The Balaban J connectivity index is -0.000000440. The molecule has 4 atom stereocenters. The molecule has 0 heterocycles. The van der Waals surface area contributed by atoms with Crippen LogP contribution >= 0.6 is 0 Å². The van der Waals surface area contributed by atoms with Crippen molar-refractivity contribution in [3.63, 3.8) is 0 Å². The van der Waals surface area contributed by atoms with Gasteiger partial charge in [0.05, 0.1) is 12.6 Å². The van der Waals surface area contributed by atoms with Gasteiger partial charge in [-0.2, -0.15) is 0 Å². The van der Waals surface area contributed by atoms with Crippen LogP contribution in [0.2, 0.25) is 0 Å². The number of aliphatic carboxylic acids is 1. The van der Waals surface area contributed by atoms with Gasteiger partial charge < -0.3 is 40.5 Å². The topological polar surface area (TPSA) is 164 Å². The van der Waals surface area contributed by atoms with Crippen LogP contribution in [0.1, 0.15) is 6.92 Å². The molecule has 8 nitrogen and oxygen atoms in total. The molecule has 0 fully saturated rings. The van der Waals surface area contributed by atoms with Crippen molar-refractivity contribution in [1.82, 2.24) is 0 Å². The first-order valence-electron chi connectivity index (χ1n) is 4.45. The number of carboxylic acid groups (broad SMARTS) is 1. The minimum atomic E-state index is -2.31. The average Bonchev–Trinajstić information content (AvgIpc) is 2.25. The Labute approximate surface area is 128 Å². The molecular formula is C8H16CaO8. The molecule has 0 radical (unpaired) electrons. The number of hydrogen-bond acceptors (Lipinski definition) is 8. The van der Waals surface area contributed by atoms with Crippen molar-refractivity contribution in [2.75, 3.05) is 13.2 Å². The predicted molar refractivity (Wildman–Crippen MR) is 52.4 cm³/mol. The van der Waals surface area contributed by atoms with Gasteiger partial charge in [-0.25, -0.2) is 0 Å². The molecule has 17 heavy (non-hydrogen) atoms. The minimum Gasteiger partial charge on any atom is -0.855 e. The summed E-state index contributed by atoms with van der Waals surface area (Å²) in [4.78, 5) is 9.98. The quantitative estimate of drug-likeness (QED) is 0.311. The molecule has 0 saturated heterocycles. The van der Waals surface area contributed by atoms with E-state index in [9.17, 15) is 9.90 Å². The van der Waals surface area contributed by atoms with Crippen molar-refractivity contribution in [1.29, 1.82) is 0 Å². The summed E-state index contributed by atoms with van der Waals surface area (Å²) in [6, 6.07) is 0. The summed E-state index contributed by atoms with van der Waals surface area (Å²) in [5, 5.41) is 62.4. The van der Waals surface area contributed by atoms with Crippen LogP contribution in [0.5, 0.6) is 0 Å². The monoisotopic (exact) mass is 280 g/mol. The fourth-order valence-electron chi connectivity index (χ4n) is 0.662. The number of carbonyl (C=O) groups excluding carboxylic acids is 1. The van der Waals surface area contributed by atoms with Crippen molar-refractivity contribution in [2.45, 2.75) is 31.3 Å². The standard InChI is InChI=1S/C6H12O7.C2H5O.Ca/c7-1-2(8)3(9)4(10)5(11)6(12)13;1-2-3;/h2-5,7-11H,1H2,(H,12,13);2H2,1H3;/q;-1;+2/p-1/t2-,3-,4+,5-;;/m1../s1. The van der Waals surface area contributed by atoms with Gasteiger partial charge in [-0.05, 0) is 0 Å². The van der Waals surface area contributed by atoms with Crippen LogP contribution in [0.15, 0.2) is 0 Å². The Morgan fingerprint density at radius 1 is 1.18 bits per heavy atom. The maximum atomic E-state index is 9.98. The third kappa shape index (κ3) is 10.1. The molecule has 0 amide bonds. The Morgan fingerprint density at radius 2 is 1.53 bits per heavy atom. The fourth-order valence-corrected chi connectivity index (χ4v) is 0.662. The summed E-state index contributed by atoms with van der Waals surface area (Å²) >= 11 is 0. The molecular weight excluding hydrogens is 264 g/mol. The second-order valence-corrected chi connectivity index (χ2v) is 2.78. The maximum absolute atomic E-state index is 9.98. The Hall–Kier alpha value is 0.490. The van der Waals surface area contributed by atoms with E-state index in [1.807, 2.05) is 0 Å². The van der Waals surface area contributed by atoms with Gasteiger partial charge in [0, 0.05) is 0 Å². The predicted octanol–water partition coefficient (Wildman–Crippen LogP) is -5.84. The van der Waals surface area contributed by atoms with Crippen molar-refractivity contribution >= 4 is 43.7 Å². The van der Waals surface area contributed by atoms with E-state index in [2.05, 4.69) is 0 Å². The maximum Gasteiger partial charge on any atom is 2.00 e. The van der Waals surface area contributed by atoms with Gasteiger partial charge in [-0.3, -0.25) is 0 Å². The Morgan fingerprint density at radius 3 is 1.76 bits per heavy atom. The van der Waals surface area contributed by atoms with Crippen LogP contribution in [0.25, 0.3) is 0 Å². The van der Waals surface area contributed by atoms with Gasteiger partial charge in [0.25, 0.3) is 0 Å². The zero-order chi connectivity index (χ0) is 13.3. The first-order valence-corrected chi connectivity index (χ1v) is 4.45. The van der Waals surface area contributed by atoms with E-state index in [0.717, 1.165) is 0 Å². The summed E-state index contributed by atoms with van der Waals surface area (Å²) < 4.78 is 0. The van der Waals surface area contributed by atoms with Crippen LogP contribution in [0.3, 0.4) is 0 Å². The van der Waals surface area contributed by atoms with Crippen molar-refractivity contribution in [3.8, 4) is 0 Å². The first-order chi connectivity index (χ1) is 7.33. The summed E-state index contributed by atoms with van der Waals surface area (Å²) in [6.07, 6.45) is -8.08. The molecule has 98 valence electrons. The van der Waals surface area contributed by atoms with Gasteiger partial charge in [0.1, 0.15) is 24.4 Å². The number of aliphatic hydroxyl groups is 5. The van der Waals surface area contributed by atoms with Gasteiger partial charge in [0.2, 0.25) is 0 Å². The number of hydrogen-bond donors (Lipinski definition) is 5. The summed E-state index contributed by atoms with van der Waals surface area (Å²) in [7, 11) is 0. The van der Waals surface area contributed by atoms with Gasteiger partial charge in [0.15, 0.2) is 0 Å². The Kier molecular flexibility index (Phi) is 17.2.